The Bertz CT molecular complexity index is 663. The molecule has 0 aromatic heterocycles. The van der Waals surface area contributed by atoms with Crippen molar-refractivity contribution in [2.24, 2.45) is 27.1 Å². The predicted molar refractivity (Wildman–Crippen MR) is 143 cm³/mol. The zero-order valence-corrected chi connectivity index (χ0v) is 25.0. The fourth-order valence-electron chi connectivity index (χ4n) is 7.06. The molecular formula is C25H40F3I2NO2. The molecule has 3 nitrogen and oxygen atoms in total. The molecule has 0 saturated heterocycles. The highest BCUT2D eigenvalue weighted by Crippen LogP contribution is 3.06. The summed E-state index contributed by atoms with van der Waals surface area (Å²) in [6.07, 6.45) is 13.4. The Hall–Kier alpha value is 0.680. The number of alkyl halides is 5. The molecule has 9 aliphatic rings. The van der Waals surface area contributed by atoms with E-state index in [1.165, 1.54) is 38.5 Å². The van der Waals surface area contributed by atoms with Gasteiger partial charge in [0.2, 0.25) is 5.91 Å². The molecule has 0 spiro atoms. The molecule has 192 valence electrons. The van der Waals surface area contributed by atoms with Crippen LogP contribution in [0.25, 0.3) is 0 Å². The minimum absolute atomic E-state index is 0.111. The third-order valence-corrected chi connectivity index (χ3v) is 9.68. The van der Waals surface area contributed by atoms with Crippen LogP contribution in [-0.2, 0) is 9.53 Å². The largest absolute Gasteiger partial charge is 0.441 e. The van der Waals surface area contributed by atoms with E-state index in [1.54, 1.807) is 26.2 Å². The fourth-order valence-corrected chi connectivity index (χ4v) is 9.82. The highest BCUT2D eigenvalue weighted by Gasteiger charge is 2.97. The van der Waals surface area contributed by atoms with Crippen molar-refractivity contribution in [3.05, 3.63) is 0 Å². The van der Waals surface area contributed by atoms with E-state index in [2.05, 4.69) is 41.8 Å². The number of ether oxygens (including phenoxy) is 1. The van der Waals surface area contributed by atoms with E-state index in [-0.39, 0.29) is 5.91 Å². The molecule has 0 aliphatic heterocycles. The van der Waals surface area contributed by atoms with Gasteiger partial charge in [0.1, 0.15) is 0 Å². The first-order valence-electron chi connectivity index (χ1n) is 12.2. The molecule has 9 fully saturated rings. The van der Waals surface area contributed by atoms with Gasteiger partial charge in [0.25, 0.3) is 0 Å². The Morgan fingerprint density at radius 1 is 0.879 bits per heavy atom. The minimum Gasteiger partial charge on any atom is -0.382 e. The van der Waals surface area contributed by atoms with E-state index >= 15 is 0 Å². The normalized spacial score (nSPS) is 46.1. The molecule has 0 radical (unpaired) electrons. The molecule has 9 saturated carbocycles. The van der Waals surface area contributed by atoms with Crippen LogP contribution in [0.3, 0.4) is 0 Å². The smallest absolute Gasteiger partial charge is 0.382 e. The summed E-state index contributed by atoms with van der Waals surface area (Å²) in [5, 5.41) is 2.90. The van der Waals surface area contributed by atoms with E-state index in [0.29, 0.717) is 33.4 Å². The van der Waals surface area contributed by atoms with Crippen LogP contribution in [0.15, 0.2) is 0 Å². The first kappa shape index (κ1) is 28.3. The Balaban J connectivity index is 0.000000122. The second kappa shape index (κ2) is 9.21. The van der Waals surface area contributed by atoms with Gasteiger partial charge in [-0.15, -0.1) is 0 Å². The second-order valence-corrected chi connectivity index (χ2v) is 16.1. The van der Waals surface area contributed by atoms with E-state index in [1.807, 2.05) is 13.8 Å². The summed E-state index contributed by atoms with van der Waals surface area (Å²) < 4.78 is 32.6. The van der Waals surface area contributed by atoms with Crippen molar-refractivity contribution in [1.82, 2.24) is 5.32 Å². The van der Waals surface area contributed by atoms with Crippen LogP contribution >= 0.6 is 45.2 Å². The topological polar surface area (TPSA) is 38.3 Å². The molecule has 1 N–H and O–H groups in total. The average molecular weight is 697 g/mol. The fraction of sp³-hybridized carbons (Fsp3) is 0.960. The lowest BCUT2D eigenvalue weighted by atomic mass is 9.36. The molecule has 9 aliphatic carbocycles. The van der Waals surface area contributed by atoms with Crippen LogP contribution < -0.4 is 5.32 Å². The molecule has 9 rings (SSSR count). The standard InChI is InChI=1S/C9H15NO.C6H9I.C5H6.C4H10O.CF3I/c1-7(11)10-6-9-3-8(2,4-9)5-9;1-5-2-6(7,3-5)4-5;1-4-2-5(1,4)3-4;1-3-5-4-2;2-1(3,4)5/h3-6H2,1-2H3,(H,10,11);2-4H2,1H3;1-3H2;3-4H2,1-2H3;. The third-order valence-electron chi connectivity index (χ3n) is 8.54. The number of carbonyl (C=O) groups excluding carboxylic acids is 1. The van der Waals surface area contributed by atoms with Crippen molar-refractivity contribution in [3.8, 4) is 0 Å². The molecule has 0 atom stereocenters. The number of halogens is 5. The van der Waals surface area contributed by atoms with Crippen molar-refractivity contribution in [2.75, 3.05) is 19.8 Å². The van der Waals surface area contributed by atoms with Crippen molar-refractivity contribution >= 4 is 51.1 Å². The lowest BCUT2D eigenvalue weighted by molar-refractivity contribution is -0.187. The average Bonchev–Trinajstić information content (AvgIpc) is 3.40. The summed E-state index contributed by atoms with van der Waals surface area (Å²) in [6, 6.07) is 0. The highest BCUT2D eigenvalue weighted by atomic mass is 127. The summed E-state index contributed by atoms with van der Waals surface area (Å²) in [7, 11) is 0. The molecule has 1 amide bonds. The van der Waals surface area contributed by atoms with E-state index in [4.69, 9.17) is 4.74 Å². The monoisotopic (exact) mass is 697 g/mol. The number of hydrogen-bond acceptors (Lipinski definition) is 2. The van der Waals surface area contributed by atoms with Crippen LogP contribution in [-0.4, -0.2) is 33.3 Å². The number of amides is 1. The maximum Gasteiger partial charge on any atom is 0.441 e. The van der Waals surface area contributed by atoms with Crippen LogP contribution in [0.4, 0.5) is 13.2 Å². The summed E-state index contributed by atoms with van der Waals surface area (Å²) in [5.41, 5.74) is 4.14. The first-order chi connectivity index (χ1) is 14.9. The molecule has 8 heteroatoms. The highest BCUT2D eigenvalue weighted by molar-refractivity contribution is 14.1. The summed E-state index contributed by atoms with van der Waals surface area (Å²) >= 11 is 2.98. The van der Waals surface area contributed by atoms with Gasteiger partial charge in [-0.3, -0.25) is 4.79 Å². The van der Waals surface area contributed by atoms with Crippen molar-refractivity contribution in [1.29, 1.82) is 0 Å². The van der Waals surface area contributed by atoms with Crippen molar-refractivity contribution in [3.63, 3.8) is 0 Å². The van der Waals surface area contributed by atoms with Gasteiger partial charge in [-0.2, -0.15) is 13.2 Å². The Morgan fingerprint density at radius 3 is 1.33 bits per heavy atom. The second-order valence-electron chi connectivity index (χ2n) is 12.5. The number of hydrogen-bond donors (Lipinski definition) is 1. The molecule has 0 heterocycles. The predicted octanol–water partition coefficient (Wildman–Crippen LogP) is 7.83. The summed E-state index contributed by atoms with van der Waals surface area (Å²) in [4.78, 5) is 10.6. The van der Waals surface area contributed by atoms with E-state index in [0.717, 1.165) is 39.4 Å². The van der Waals surface area contributed by atoms with Crippen LogP contribution in [0.2, 0.25) is 0 Å². The summed E-state index contributed by atoms with van der Waals surface area (Å²) in [6.45, 7) is 12.9. The summed E-state index contributed by atoms with van der Waals surface area (Å²) in [5.74, 6) is 0.111. The van der Waals surface area contributed by atoms with Crippen LogP contribution in [0, 0.1) is 27.1 Å². The Morgan fingerprint density at radius 2 is 1.21 bits per heavy atom. The van der Waals surface area contributed by atoms with Crippen LogP contribution in [0.1, 0.15) is 92.4 Å². The SMILES string of the molecule is C1C23CC12C3.CC(=O)NCC12CC(C)(C1)C2.CC12CC(I)(C1)C2.CCOCC.FC(F)(F)I. The van der Waals surface area contributed by atoms with Crippen molar-refractivity contribution in [2.45, 2.75) is 100 Å². The number of nitrogens with one attached hydrogen (secondary N) is 1. The first-order valence-corrected chi connectivity index (χ1v) is 14.4. The van der Waals surface area contributed by atoms with Crippen LogP contribution in [0.5, 0.6) is 0 Å². The minimum atomic E-state index is -4.03. The van der Waals surface area contributed by atoms with Gasteiger partial charge < -0.3 is 10.1 Å². The maximum absolute atomic E-state index is 10.6. The number of carbonyl (C=O) groups is 1. The lowest BCUT2D eigenvalue weighted by Gasteiger charge is -2.70. The van der Waals surface area contributed by atoms with Gasteiger partial charge in [-0.25, -0.2) is 0 Å². The Kier molecular flexibility index (Phi) is 7.88. The van der Waals surface area contributed by atoms with E-state index < -0.39 is 4.18 Å². The van der Waals surface area contributed by atoms with Gasteiger partial charge in [0.15, 0.2) is 0 Å². The third kappa shape index (κ3) is 7.13. The zero-order chi connectivity index (χ0) is 25.0. The van der Waals surface area contributed by atoms with Gasteiger partial charge in [-0.1, -0.05) is 36.4 Å². The Labute approximate surface area is 224 Å². The van der Waals surface area contributed by atoms with Gasteiger partial charge in [0, 0.05) is 52.7 Å². The molecule has 0 aromatic rings. The van der Waals surface area contributed by atoms with Gasteiger partial charge in [0.05, 0.1) is 0 Å². The number of rotatable bonds is 4. The molecule has 0 aromatic carbocycles. The van der Waals surface area contributed by atoms with Crippen molar-refractivity contribution < 1.29 is 22.7 Å². The molecular weight excluding hydrogens is 657 g/mol. The van der Waals surface area contributed by atoms with E-state index in [9.17, 15) is 18.0 Å². The molecule has 0 unspecified atom stereocenters. The lowest BCUT2D eigenvalue weighted by Crippen LogP contribution is -2.64. The molecule has 4 bridgehead atoms. The maximum atomic E-state index is 10.6. The zero-order valence-electron chi connectivity index (χ0n) is 20.7. The van der Waals surface area contributed by atoms with Gasteiger partial charge in [-0.05, 0) is 98.7 Å². The molecule has 33 heavy (non-hydrogen) atoms. The van der Waals surface area contributed by atoms with Gasteiger partial charge >= 0.3 is 4.18 Å². The quantitative estimate of drug-likeness (QED) is 0.241.